The van der Waals surface area contributed by atoms with Crippen LogP contribution in [-0.4, -0.2) is 34.6 Å². The minimum atomic E-state index is -0.237. The van der Waals surface area contributed by atoms with E-state index in [0.29, 0.717) is 17.1 Å². The van der Waals surface area contributed by atoms with Gasteiger partial charge in [0.15, 0.2) is 0 Å². The lowest BCUT2D eigenvalue weighted by Gasteiger charge is -2.17. The maximum Gasteiger partial charge on any atom is 0.254 e. The molecule has 0 unspecified atom stereocenters. The highest BCUT2D eigenvalue weighted by Crippen LogP contribution is 2.23. The standard InChI is InChI=1S/C14H13ClN4O2/c15-10-1-3-12(4-2-10)19-8-11(5-13(19)20)18-14(21)9-6-16-17-7-9/h1-4,6-7,11H,5,8H2,(H,16,17)(H,18,21)/t11-/m1/s1. The fraction of sp³-hybridized carbons (Fsp3) is 0.214. The first-order valence-electron chi connectivity index (χ1n) is 6.49. The minimum Gasteiger partial charge on any atom is -0.347 e. The second-order valence-corrected chi connectivity index (χ2v) is 5.28. The maximum atomic E-state index is 12.1. The Morgan fingerprint density at radius 2 is 2.14 bits per heavy atom. The van der Waals surface area contributed by atoms with Gasteiger partial charge in [0, 0.05) is 29.9 Å². The summed E-state index contributed by atoms with van der Waals surface area (Å²) in [6, 6.07) is 6.85. The molecule has 1 aliphatic heterocycles. The molecule has 1 fully saturated rings. The van der Waals surface area contributed by atoms with Crippen LogP contribution in [0.5, 0.6) is 0 Å². The molecule has 1 aromatic carbocycles. The molecule has 2 N–H and O–H groups in total. The number of nitrogens with one attached hydrogen (secondary N) is 2. The van der Waals surface area contributed by atoms with Gasteiger partial charge in [0.25, 0.3) is 5.91 Å². The number of nitrogens with zero attached hydrogens (tertiary/aromatic N) is 2. The van der Waals surface area contributed by atoms with Gasteiger partial charge in [0.2, 0.25) is 5.91 Å². The van der Waals surface area contributed by atoms with E-state index in [1.807, 2.05) is 0 Å². The summed E-state index contributed by atoms with van der Waals surface area (Å²) < 4.78 is 0. The number of anilines is 1. The normalized spacial score (nSPS) is 18.0. The number of hydrogen-bond acceptors (Lipinski definition) is 3. The summed E-state index contributed by atoms with van der Waals surface area (Å²) in [6.45, 7) is 0.448. The number of amides is 2. The highest BCUT2D eigenvalue weighted by Gasteiger charge is 2.31. The Hall–Kier alpha value is -2.34. The fourth-order valence-corrected chi connectivity index (χ4v) is 2.44. The van der Waals surface area contributed by atoms with Crippen molar-refractivity contribution in [3.63, 3.8) is 0 Å². The smallest absolute Gasteiger partial charge is 0.254 e. The lowest BCUT2D eigenvalue weighted by molar-refractivity contribution is -0.117. The molecule has 1 saturated heterocycles. The van der Waals surface area contributed by atoms with Crippen molar-refractivity contribution in [3.8, 4) is 0 Å². The van der Waals surface area contributed by atoms with E-state index < -0.39 is 0 Å². The number of carbonyl (C=O) groups is 2. The predicted octanol–water partition coefficient (Wildman–Crippen LogP) is 1.60. The maximum absolute atomic E-state index is 12.1. The van der Waals surface area contributed by atoms with Crippen molar-refractivity contribution in [2.24, 2.45) is 0 Å². The third-order valence-electron chi connectivity index (χ3n) is 3.36. The zero-order valence-electron chi connectivity index (χ0n) is 11.0. The van der Waals surface area contributed by atoms with E-state index in [9.17, 15) is 9.59 Å². The van der Waals surface area contributed by atoms with E-state index in [2.05, 4.69) is 15.5 Å². The topological polar surface area (TPSA) is 78.1 Å². The molecule has 1 atom stereocenters. The molecule has 0 saturated carbocycles. The first kappa shape index (κ1) is 13.6. The largest absolute Gasteiger partial charge is 0.347 e. The van der Waals surface area contributed by atoms with E-state index in [4.69, 9.17) is 11.6 Å². The van der Waals surface area contributed by atoms with Gasteiger partial charge in [-0.2, -0.15) is 5.10 Å². The van der Waals surface area contributed by atoms with Crippen LogP contribution in [0.15, 0.2) is 36.7 Å². The van der Waals surface area contributed by atoms with Crippen molar-refractivity contribution >= 4 is 29.1 Å². The Labute approximate surface area is 126 Å². The second-order valence-electron chi connectivity index (χ2n) is 4.84. The van der Waals surface area contributed by atoms with Crippen LogP contribution in [0.1, 0.15) is 16.8 Å². The molecule has 21 heavy (non-hydrogen) atoms. The molecule has 2 aromatic rings. The van der Waals surface area contributed by atoms with Gasteiger partial charge in [-0.1, -0.05) is 11.6 Å². The number of carbonyl (C=O) groups excluding carboxylic acids is 2. The average Bonchev–Trinajstić information content (AvgIpc) is 3.10. The van der Waals surface area contributed by atoms with Crippen molar-refractivity contribution in [1.29, 1.82) is 0 Å². The SMILES string of the molecule is O=C(N[C@@H]1CC(=O)N(c2ccc(Cl)cc2)C1)c1cn[nH]c1. The van der Waals surface area contributed by atoms with E-state index in [1.165, 1.54) is 12.4 Å². The van der Waals surface area contributed by atoms with Crippen LogP contribution in [0, 0.1) is 0 Å². The molecular formula is C14H13ClN4O2. The van der Waals surface area contributed by atoms with Crippen molar-refractivity contribution in [2.75, 3.05) is 11.4 Å². The summed E-state index contributed by atoms with van der Waals surface area (Å²) in [7, 11) is 0. The second kappa shape index (κ2) is 5.57. The Morgan fingerprint density at radius 3 is 2.81 bits per heavy atom. The number of benzene rings is 1. The van der Waals surface area contributed by atoms with Crippen LogP contribution < -0.4 is 10.2 Å². The number of aromatic nitrogens is 2. The zero-order chi connectivity index (χ0) is 14.8. The van der Waals surface area contributed by atoms with Crippen molar-refractivity contribution in [3.05, 3.63) is 47.2 Å². The van der Waals surface area contributed by atoms with Gasteiger partial charge in [-0.3, -0.25) is 14.7 Å². The van der Waals surface area contributed by atoms with Crippen LogP contribution in [0.3, 0.4) is 0 Å². The molecule has 0 bridgehead atoms. The van der Waals surface area contributed by atoms with Gasteiger partial charge < -0.3 is 10.2 Å². The summed E-state index contributed by atoms with van der Waals surface area (Å²) in [5.74, 6) is -0.255. The number of H-pyrrole nitrogens is 1. The molecule has 0 aliphatic carbocycles. The average molecular weight is 305 g/mol. The minimum absolute atomic E-state index is 0.0187. The molecule has 3 rings (SSSR count). The predicted molar refractivity (Wildman–Crippen MR) is 78.3 cm³/mol. The van der Waals surface area contributed by atoms with Crippen LogP contribution in [-0.2, 0) is 4.79 Å². The summed E-state index contributed by atoms with van der Waals surface area (Å²) in [4.78, 5) is 25.6. The van der Waals surface area contributed by atoms with Gasteiger partial charge >= 0.3 is 0 Å². The van der Waals surface area contributed by atoms with Gasteiger partial charge in [-0.25, -0.2) is 0 Å². The molecule has 7 heteroatoms. The van der Waals surface area contributed by atoms with Gasteiger partial charge in [-0.15, -0.1) is 0 Å². The van der Waals surface area contributed by atoms with Crippen molar-refractivity contribution in [2.45, 2.75) is 12.5 Å². The number of hydrogen-bond donors (Lipinski definition) is 2. The molecular weight excluding hydrogens is 292 g/mol. The first-order valence-corrected chi connectivity index (χ1v) is 6.87. The molecule has 1 aromatic heterocycles. The lowest BCUT2D eigenvalue weighted by atomic mass is 10.2. The van der Waals surface area contributed by atoms with Gasteiger partial charge in [-0.05, 0) is 24.3 Å². The summed E-state index contributed by atoms with van der Waals surface area (Å²) in [6.07, 6.45) is 3.25. The third kappa shape index (κ3) is 2.90. The molecule has 0 spiro atoms. The Kier molecular flexibility index (Phi) is 3.62. The van der Waals surface area contributed by atoms with Crippen LogP contribution >= 0.6 is 11.6 Å². The molecule has 1 aliphatic rings. The monoisotopic (exact) mass is 304 g/mol. The first-order chi connectivity index (χ1) is 10.1. The van der Waals surface area contributed by atoms with Crippen molar-refractivity contribution in [1.82, 2.24) is 15.5 Å². The Bertz CT molecular complexity index is 654. The summed E-state index contributed by atoms with van der Waals surface area (Å²) >= 11 is 5.84. The molecule has 108 valence electrons. The van der Waals surface area contributed by atoms with Crippen LogP contribution in [0.2, 0.25) is 5.02 Å². The highest BCUT2D eigenvalue weighted by atomic mass is 35.5. The van der Waals surface area contributed by atoms with Crippen molar-refractivity contribution < 1.29 is 9.59 Å². The molecule has 6 nitrogen and oxygen atoms in total. The Morgan fingerprint density at radius 1 is 1.38 bits per heavy atom. The molecule has 2 amide bonds. The van der Waals surface area contributed by atoms with E-state index in [-0.39, 0.29) is 24.3 Å². The molecule has 0 radical (unpaired) electrons. The number of aromatic amines is 1. The van der Waals surface area contributed by atoms with E-state index in [1.54, 1.807) is 29.2 Å². The van der Waals surface area contributed by atoms with E-state index >= 15 is 0 Å². The zero-order valence-corrected chi connectivity index (χ0v) is 11.8. The van der Waals surface area contributed by atoms with Gasteiger partial charge in [0.05, 0.1) is 17.8 Å². The lowest BCUT2D eigenvalue weighted by Crippen LogP contribution is -2.37. The number of halogens is 1. The summed E-state index contributed by atoms with van der Waals surface area (Å²) in [5.41, 5.74) is 1.23. The van der Waals surface area contributed by atoms with E-state index in [0.717, 1.165) is 5.69 Å². The number of rotatable bonds is 3. The summed E-state index contributed by atoms with van der Waals surface area (Å²) in [5, 5.41) is 9.77. The third-order valence-corrected chi connectivity index (χ3v) is 3.61. The van der Waals surface area contributed by atoms with Crippen LogP contribution in [0.4, 0.5) is 5.69 Å². The van der Waals surface area contributed by atoms with Gasteiger partial charge in [0.1, 0.15) is 0 Å². The fourth-order valence-electron chi connectivity index (χ4n) is 2.32. The quantitative estimate of drug-likeness (QED) is 0.904. The Balaban J connectivity index is 1.67. The highest BCUT2D eigenvalue weighted by molar-refractivity contribution is 6.30. The molecule has 2 heterocycles. The van der Waals surface area contributed by atoms with Crippen LogP contribution in [0.25, 0.3) is 0 Å².